The summed E-state index contributed by atoms with van der Waals surface area (Å²) in [4.78, 5) is 0. The molecular weight excluding hydrogens is 725 g/mol. The molecule has 0 atom stereocenters. The fourth-order valence-corrected chi connectivity index (χ4v) is 7.86. The molecule has 0 aliphatic carbocycles. The van der Waals surface area contributed by atoms with Crippen molar-refractivity contribution in [3.8, 4) is 34.3 Å². The zero-order valence-electron chi connectivity index (χ0n) is 30.5. The van der Waals surface area contributed by atoms with Crippen molar-refractivity contribution < 1.29 is 9.47 Å². The maximum absolute atomic E-state index is 6.50. The number of thioether (sulfide) groups is 2. The summed E-state index contributed by atoms with van der Waals surface area (Å²) < 4.78 is 16.6. The van der Waals surface area contributed by atoms with Gasteiger partial charge in [-0.05, 0) is 55.4 Å². The van der Waals surface area contributed by atoms with Crippen LogP contribution in [-0.2, 0) is 12.8 Å². The lowest BCUT2D eigenvalue weighted by molar-refractivity contribution is 0.264. The second-order valence-electron chi connectivity index (χ2n) is 12.6. The second-order valence-corrected chi connectivity index (χ2v) is 14.7. The maximum Gasteiger partial charge on any atom is 0.212 e. The van der Waals surface area contributed by atoms with E-state index in [1.165, 1.54) is 0 Å². The molecule has 0 amide bonds. The van der Waals surface area contributed by atoms with Crippen LogP contribution in [-0.4, -0.2) is 66.9 Å². The summed E-state index contributed by atoms with van der Waals surface area (Å²) in [5, 5.41) is 29.6. The Bertz CT molecular complexity index is 2110. The maximum atomic E-state index is 6.50. The number of hydrogen-bond acceptors (Lipinski definition) is 10. The number of benzene rings is 4. The second kappa shape index (κ2) is 19.0. The summed E-state index contributed by atoms with van der Waals surface area (Å²) in [5.74, 6) is 4.50. The van der Waals surface area contributed by atoms with Crippen LogP contribution in [0.25, 0.3) is 22.8 Å². The van der Waals surface area contributed by atoms with Crippen molar-refractivity contribution >= 4 is 36.0 Å². The summed E-state index contributed by atoms with van der Waals surface area (Å²) in [6.45, 7) is 8.99. The van der Waals surface area contributed by atoms with Gasteiger partial charge in [-0.25, -0.2) is 0 Å². The topological polar surface area (TPSA) is 105 Å². The first kappa shape index (κ1) is 37.6. The van der Waals surface area contributed by atoms with E-state index in [2.05, 4.69) is 45.7 Å². The SMILES string of the molecule is C=CCc1cccc2c1OCCCCOc1c(cccc1CC=C)/C=N\n1c(nnc1-c1ccccc1)SCCCSc1nnc(-c3ccccc3)n1/N=C\2. The van der Waals surface area contributed by atoms with Gasteiger partial charge in [0, 0.05) is 33.8 Å². The molecule has 10 nitrogen and oxygen atoms in total. The van der Waals surface area contributed by atoms with E-state index in [9.17, 15) is 0 Å². The third kappa shape index (κ3) is 9.33. The van der Waals surface area contributed by atoms with Crippen LogP contribution >= 0.6 is 23.5 Å². The highest BCUT2D eigenvalue weighted by Crippen LogP contribution is 2.30. The third-order valence-corrected chi connectivity index (χ3v) is 10.7. The molecule has 7 rings (SSSR count). The summed E-state index contributed by atoms with van der Waals surface area (Å²) in [5.41, 5.74) is 5.70. The predicted octanol–water partition coefficient (Wildman–Crippen LogP) is 9.25. The van der Waals surface area contributed by atoms with Gasteiger partial charge in [-0.2, -0.15) is 19.6 Å². The minimum atomic E-state index is 0.514. The molecule has 55 heavy (non-hydrogen) atoms. The molecule has 0 radical (unpaired) electrons. The monoisotopic (exact) mass is 766 g/mol. The number of aromatic nitrogens is 6. The van der Waals surface area contributed by atoms with E-state index in [0.29, 0.717) is 48.0 Å². The van der Waals surface area contributed by atoms with E-state index in [1.807, 2.05) is 119 Å². The smallest absolute Gasteiger partial charge is 0.212 e. The Morgan fingerprint density at radius 1 is 0.545 bits per heavy atom. The van der Waals surface area contributed by atoms with Crippen LogP contribution in [0.5, 0.6) is 11.5 Å². The zero-order valence-corrected chi connectivity index (χ0v) is 32.2. The minimum absolute atomic E-state index is 0.514. The Hall–Kier alpha value is -5.72. The van der Waals surface area contributed by atoms with Gasteiger partial charge in [-0.1, -0.05) is 121 Å². The van der Waals surface area contributed by atoms with Gasteiger partial charge in [-0.3, -0.25) is 0 Å². The lowest BCUT2D eigenvalue weighted by Crippen LogP contribution is -2.08. The van der Waals surface area contributed by atoms with E-state index in [4.69, 9.17) is 19.7 Å². The first-order chi connectivity index (χ1) is 27.2. The Kier molecular flexibility index (Phi) is 13.0. The largest absolute Gasteiger partial charge is 0.493 e. The summed E-state index contributed by atoms with van der Waals surface area (Å²) in [7, 11) is 0. The Labute approximate surface area is 330 Å². The van der Waals surface area contributed by atoms with E-state index >= 15 is 0 Å². The standard InChI is InChI=1S/C43H42N8O2S2/c1-3-16-32-22-13-24-36-30-44-50-40(34-18-7-5-8-19-34)46-48-42(50)54-28-15-29-55-43-49-47-41(35-20-9-6-10-21-35)51(43)45-31-37-25-14-23-33(17-4-2)39(37)53-27-12-11-26-52-38(32)36/h3-10,13-14,18-25,30-31H,1-2,11-12,15-17,26-29H2/b44-30-,45-31-. The first-order valence-corrected chi connectivity index (χ1v) is 20.3. The summed E-state index contributed by atoms with van der Waals surface area (Å²) in [6, 6.07) is 32.2. The molecule has 0 spiro atoms. The lowest BCUT2D eigenvalue weighted by atomic mass is 10.1. The van der Waals surface area contributed by atoms with Gasteiger partial charge in [0.1, 0.15) is 11.5 Å². The molecule has 1 aliphatic rings. The molecule has 0 N–H and O–H groups in total. The van der Waals surface area contributed by atoms with Crippen LogP contribution in [0.4, 0.5) is 0 Å². The Balaban J connectivity index is 1.22. The quantitative estimate of drug-likeness (QED) is 0.155. The van der Waals surface area contributed by atoms with E-state index < -0.39 is 0 Å². The van der Waals surface area contributed by atoms with Crippen LogP contribution in [0.3, 0.4) is 0 Å². The number of rotatable bonds is 6. The van der Waals surface area contributed by atoms with E-state index in [-0.39, 0.29) is 0 Å². The molecule has 3 heterocycles. The lowest BCUT2D eigenvalue weighted by Gasteiger charge is -2.15. The number of hydrogen-bond donors (Lipinski definition) is 0. The van der Waals surface area contributed by atoms with Gasteiger partial charge in [0.2, 0.25) is 10.3 Å². The average Bonchev–Trinajstić information content (AvgIpc) is 3.82. The van der Waals surface area contributed by atoms with Crippen LogP contribution < -0.4 is 9.47 Å². The average molecular weight is 767 g/mol. The van der Waals surface area contributed by atoms with E-state index in [0.717, 1.165) is 75.6 Å². The summed E-state index contributed by atoms with van der Waals surface area (Å²) >= 11 is 3.23. The molecule has 1 aliphatic heterocycles. The number of ether oxygens (including phenoxy) is 2. The van der Waals surface area contributed by atoms with Gasteiger partial charge in [0.25, 0.3) is 0 Å². The van der Waals surface area contributed by atoms with Crippen molar-refractivity contribution in [2.24, 2.45) is 10.2 Å². The molecule has 0 bridgehead atoms. The van der Waals surface area contributed by atoms with Crippen molar-refractivity contribution in [3.05, 3.63) is 145 Å². The van der Waals surface area contributed by atoms with Crippen molar-refractivity contribution in [3.63, 3.8) is 0 Å². The minimum Gasteiger partial charge on any atom is -0.493 e. The van der Waals surface area contributed by atoms with Crippen molar-refractivity contribution in [2.45, 2.75) is 42.4 Å². The molecule has 0 unspecified atom stereocenters. The molecule has 2 aromatic heterocycles. The predicted molar refractivity (Wildman–Crippen MR) is 224 cm³/mol. The fourth-order valence-electron chi connectivity index (χ4n) is 6.03. The highest BCUT2D eigenvalue weighted by molar-refractivity contribution is 8.00. The molecule has 6 aromatic rings. The molecular formula is C43H42N8O2S2. The Morgan fingerprint density at radius 2 is 1.00 bits per heavy atom. The van der Waals surface area contributed by atoms with Gasteiger partial charge in [0.05, 0.1) is 25.6 Å². The number of para-hydroxylation sites is 2. The number of nitrogens with zero attached hydrogens (tertiary/aromatic N) is 8. The van der Waals surface area contributed by atoms with E-state index in [1.54, 1.807) is 23.5 Å². The normalized spacial score (nSPS) is 15.1. The molecule has 278 valence electrons. The highest BCUT2D eigenvalue weighted by Gasteiger charge is 2.18. The Morgan fingerprint density at radius 3 is 1.44 bits per heavy atom. The molecule has 0 saturated heterocycles. The van der Waals surface area contributed by atoms with Gasteiger partial charge < -0.3 is 9.47 Å². The molecule has 12 heteroatoms. The van der Waals surface area contributed by atoms with Crippen LogP contribution in [0.15, 0.2) is 143 Å². The molecule has 0 fully saturated rings. The van der Waals surface area contributed by atoms with Crippen molar-refractivity contribution in [1.82, 2.24) is 29.7 Å². The van der Waals surface area contributed by atoms with Gasteiger partial charge in [0.15, 0.2) is 11.6 Å². The third-order valence-electron chi connectivity index (χ3n) is 8.68. The number of fused-ring (bicyclic) bond motifs is 4. The van der Waals surface area contributed by atoms with Crippen molar-refractivity contribution in [1.29, 1.82) is 0 Å². The van der Waals surface area contributed by atoms with Gasteiger partial charge in [-0.15, -0.1) is 33.6 Å². The zero-order chi connectivity index (χ0) is 37.7. The molecule has 0 saturated carbocycles. The highest BCUT2D eigenvalue weighted by atomic mass is 32.2. The molecule has 4 aromatic carbocycles. The first-order valence-electron chi connectivity index (χ1n) is 18.3. The summed E-state index contributed by atoms with van der Waals surface area (Å²) in [6.07, 6.45) is 11.3. The van der Waals surface area contributed by atoms with Crippen LogP contribution in [0.2, 0.25) is 0 Å². The van der Waals surface area contributed by atoms with Crippen LogP contribution in [0.1, 0.15) is 41.5 Å². The van der Waals surface area contributed by atoms with Crippen LogP contribution in [0, 0.1) is 0 Å². The van der Waals surface area contributed by atoms with Crippen molar-refractivity contribution in [2.75, 3.05) is 24.7 Å². The fraction of sp³-hybridized carbons (Fsp3) is 0.209. The number of allylic oxidation sites excluding steroid dienone is 2. The van der Waals surface area contributed by atoms with Gasteiger partial charge >= 0.3 is 0 Å².